The molecule has 2 aromatic rings. The number of para-hydroxylation sites is 1. The molecule has 0 saturated heterocycles. The summed E-state index contributed by atoms with van der Waals surface area (Å²) in [5.41, 5.74) is 0.288. The number of ether oxygens (including phenoxy) is 1. The number of carboxylic acid groups (broad SMARTS) is 1. The fourth-order valence-electron chi connectivity index (χ4n) is 1.37. The second kappa shape index (κ2) is 4.20. The molecule has 2 N–H and O–H groups in total. The van der Waals surface area contributed by atoms with E-state index in [9.17, 15) is 9.18 Å². The third-order valence-corrected chi connectivity index (χ3v) is 2.10. The first-order chi connectivity index (χ1) is 8.13. The number of rotatable bonds is 3. The van der Waals surface area contributed by atoms with E-state index in [1.54, 1.807) is 0 Å². The summed E-state index contributed by atoms with van der Waals surface area (Å²) in [6.45, 7) is 0. The van der Waals surface area contributed by atoms with Crippen molar-refractivity contribution in [3.63, 3.8) is 0 Å². The van der Waals surface area contributed by atoms with Crippen molar-refractivity contribution in [2.24, 2.45) is 0 Å². The van der Waals surface area contributed by atoms with Crippen LogP contribution in [0.15, 0.2) is 18.2 Å². The number of benzene rings is 1. The predicted octanol–water partition coefficient (Wildman–Crippen LogP) is 1.32. The lowest BCUT2D eigenvalue weighted by Gasteiger charge is -2.05. The van der Waals surface area contributed by atoms with Gasteiger partial charge in [-0.05, 0) is 12.1 Å². The van der Waals surface area contributed by atoms with Crippen molar-refractivity contribution in [2.75, 3.05) is 7.11 Å². The van der Waals surface area contributed by atoms with E-state index in [0.717, 1.165) is 0 Å². The summed E-state index contributed by atoms with van der Waals surface area (Å²) in [6.07, 6.45) is 0. The average molecular weight is 237 g/mol. The second-order valence-corrected chi connectivity index (χ2v) is 3.13. The Labute approximate surface area is 95.1 Å². The number of H-pyrrole nitrogens is 1. The summed E-state index contributed by atoms with van der Waals surface area (Å²) in [5, 5.41) is 14.6. The van der Waals surface area contributed by atoms with Gasteiger partial charge in [0.25, 0.3) is 0 Å². The van der Waals surface area contributed by atoms with Crippen LogP contribution in [0.25, 0.3) is 11.4 Å². The lowest BCUT2D eigenvalue weighted by atomic mass is 10.2. The topological polar surface area (TPSA) is 88.1 Å². The van der Waals surface area contributed by atoms with E-state index in [2.05, 4.69) is 15.2 Å². The van der Waals surface area contributed by atoms with Crippen LogP contribution in [0.4, 0.5) is 4.39 Å². The van der Waals surface area contributed by atoms with Gasteiger partial charge in [0, 0.05) is 0 Å². The van der Waals surface area contributed by atoms with Gasteiger partial charge in [0.15, 0.2) is 17.4 Å². The smallest absolute Gasteiger partial charge is 0.373 e. The number of aromatic nitrogens is 3. The predicted molar refractivity (Wildman–Crippen MR) is 55.3 cm³/mol. The van der Waals surface area contributed by atoms with Crippen LogP contribution in [-0.4, -0.2) is 33.4 Å². The first-order valence-electron chi connectivity index (χ1n) is 4.62. The van der Waals surface area contributed by atoms with Crippen molar-refractivity contribution in [3.05, 3.63) is 29.8 Å². The Kier molecular flexibility index (Phi) is 2.73. The van der Waals surface area contributed by atoms with Crippen LogP contribution in [0.3, 0.4) is 0 Å². The summed E-state index contributed by atoms with van der Waals surface area (Å²) >= 11 is 0. The molecule has 0 saturated carbocycles. The molecule has 17 heavy (non-hydrogen) atoms. The zero-order chi connectivity index (χ0) is 12.4. The highest BCUT2D eigenvalue weighted by atomic mass is 19.1. The fourth-order valence-corrected chi connectivity index (χ4v) is 1.37. The molecule has 0 aliphatic carbocycles. The van der Waals surface area contributed by atoms with E-state index >= 15 is 0 Å². The Morgan fingerprint density at radius 1 is 1.53 bits per heavy atom. The molecule has 0 atom stereocenters. The first-order valence-corrected chi connectivity index (χ1v) is 4.62. The van der Waals surface area contributed by atoms with Gasteiger partial charge in [0.05, 0.1) is 12.7 Å². The van der Waals surface area contributed by atoms with Crippen molar-refractivity contribution in [1.29, 1.82) is 0 Å². The van der Waals surface area contributed by atoms with E-state index in [4.69, 9.17) is 9.84 Å². The maximum Gasteiger partial charge on any atom is 0.373 e. The van der Waals surface area contributed by atoms with Crippen molar-refractivity contribution in [2.45, 2.75) is 0 Å². The summed E-state index contributed by atoms with van der Waals surface area (Å²) in [7, 11) is 1.31. The van der Waals surface area contributed by atoms with Crippen molar-refractivity contribution in [1.82, 2.24) is 15.2 Å². The van der Waals surface area contributed by atoms with Gasteiger partial charge < -0.3 is 9.84 Å². The lowest BCUT2D eigenvalue weighted by molar-refractivity contribution is 0.0684. The van der Waals surface area contributed by atoms with Gasteiger partial charge in [0.2, 0.25) is 5.82 Å². The molecule has 0 unspecified atom stereocenters. The molecule has 1 aromatic carbocycles. The van der Waals surface area contributed by atoms with Gasteiger partial charge in [-0.3, -0.25) is 5.10 Å². The van der Waals surface area contributed by atoms with Gasteiger partial charge in [-0.25, -0.2) is 14.2 Å². The van der Waals surface area contributed by atoms with E-state index < -0.39 is 11.8 Å². The number of halogens is 1. The van der Waals surface area contributed by atoms with Crippen LogP contribution in [0.5, 0.6) is 5.75 Å². The van der Waals surface area contributed by atoms with E-state index in [0.29, 0.717) is 0 Å². The molecular formula is C10H8FN3O3. The first kappa shape index (κ1) is 11.1. The summed E-state index contributed by atoms with van der Waals surface area (Å²) in [5.74, 6) is -2.07. The number of nitrogens with zero attached hydrogens (tertiary/aromatic N) is 2. The van der Waals surface area contributed by atoms with Gasteiger partial charge in [0.1, 0.15) is 0 Å². The number of carbonyl (C=O) groups is 1. The quantitative estimate of drug-likeness (QED) is 0.840. The minimum absolute atomic E-state index is 0.0246. The van der Waals surface area contributed by atoms with Gasteiger partial charge in [-0.2, -0.15) is 5.10 Å². The number of hydrogen-bond donors (Lipinski definition) is 2. The Balaban J connectivity index is 2.52. The maximum absolute atomic E-state index is 13.4. The zero-order valence-corrected chi connectivity index (χ0v) is 8.77. The highest BCUT2D eigenvalue weighted by molar-refractivity contribution is 5.83. The molecule has 0 aliphatic rings. The SMILES string of the molecule is COc1c(F)cccc1-c1n[nH]c(C(=O)O)n1. The monoisotopic (exact) mass is 237 g/mol. The normalized spacial score (nSPS) is 10.2. The van der Waals surface area contributed by atoms with Gasteiger partial charge in [-0.15, -0.1) is 0 Å². The third-order valence-electron chi connectivity index (χ3n) is 2.10. The molecular weight excluding hydrogens is 229 g/mol. The molecule has 0 bridgehead atoms. The number of aromatic amines is 1. The van der Waals surface area contributed by atoms with Crippen LogP contribution < -0.4 is 4.74 Å². The minimum atomic E-state index is -1.24. The van der Waals surface area contributed by atoms with Crippen molar-refractivity contribution < 1.29 is 19.0 Å². The number of methoxy groups -OCH3 is 1. The van der Waals surface area contributed by atoms with E-state index in [1.807, 2.05) is 0 Å². The third kappa shape index (κ3) is 1.94. The molecule has 1 heterocycles. The fraction of sp³-hybridized carbons (Fsp3) is 0.100. The van der Waals surface area contributed by atoms with Crippen LogP contribution in [0.1, 0.15) is 10.6 Å². The van der Waals surface area contributed by atoms with Crippen molar-refractivity contribution >= 4 is 5.97 Å². The molecule has 0 amide bonds. The zero-order valence-electron chi connectivity index (χ0n) is 8.77. The Hall–Kier alpha value is -2.44. The maximum atomic E-state index is 13.4. The number of nitrogens with one attached hydrogen (secondary N) is 1. The van der Waals surface area contributed by atoms with E-state index in [-0.39, 0.29) is 23.0 Å². The summed E-state index contributed by atoms with van der Waals surface area (Å²) in [4.78, 5) is 14.3. The Morgan fingerprint density at radius 2 is 2.29 bits per heavy atom. The summed E-state index contributed by atoms with van der Waals surface area (Å²) < 4.78 is 18.3. The number of carboxylic acids is 1. The molecule has 7 heteroatoms. The molecule has 1 aromatic heterocycles. The standard InChI is InChI=1S/C10H8FN3O3/c1-17-7-5(3-2-4-6(7)11)8-12-9(10(15)16)14-13-8/h2-4H,1H3,(H,15,16)(H,12,13,14). The molecule has 0 radical (unpaired) electrons. The highest BCUT2D eigenvalue weighted by Gasteiger charge is 2.16. The van der Waals surface area contributed by atoms with Gasteiger partial charge in [-0.1, -0.05) is 6.07 Å². The van der Waals surface area contributed by atoms with E-state index in [1.165, 1.54) is 25.3 Å². The average Bonchev–Trinajstić information content (AvgIpc) is 2.77. The molecule has 6 nitrogen and oxygen atoms in total. The summed E-state index contributed by atoms with van der Waals surface area (Å²) in [6, 6.07) is 4.23. The Bertz CT molecular complexity index is 568. The molecule has 0 fully saturated rings. The molecule has 0 spiro atoms. The largest absolute Gasteiger partial charge is 0.493 e. The lowest BCUT2D eigenvalue weighted by Crippen LogP contribution is -1.98. The minimum Gasteiger partial charge on any atom is -0.493 e. The number of hydrogen-bond acceptors (Lipinski definition) is 4. The van der Waals surface area contributed by atoms with Crippen molar-refractivity contribution in [3.8, 4) is 17.1 Å². The Morgan fingerprint density at radius 3 is 2.88 bits per heavy atom. The van der Waals surface area contributed by atoms with Crippen LogP contribution >= 0.6 is 0 Å². The molecule has 0 aliphatic heterocycles. The van der Waals surface area contributed by atoms with Gasteiger partial charge >= 0.3 is 5.97 Å². The van der Waals surface area contributed by atoms with Crippen LogP contribution in [0.2, 0.25) is 0 Å². The number of aromatic carboxylic acids is 1. The second-order valence-electron chi connectivity index (χ2n) is 3.13. The molecule has 2 rings (SSSR count). The van der Waals surface area contributed by atoms with Crippen LogP contribution in [0, 0.1) is 5.82 Å². The highest BCUT2D eigenvalue weighted by Crippen LogP contribution is 2.29. The van der Waals surface area contributed by atoms with Crippen LogP contribution in [-0.2, 0) is 0 Å². The molecule has 88 valence electrons.